The number of esters is 1. The maximum Gasteiger partial charge on any atom is 0.323 e. The number of aromatic nitrogens is 4. The first-order chi connectivity index (χ1) is 15.4. The highest BCUT2D eigenvalue weighted by molar-refractivity contribution is 7.56. The Labute approximate surface area is 187 Å². The van der Waals surface area contributed by atoms with Gasteiger partial charge in [-0.15, -0.1) is 0 Å². The summed E-state index contributed by atoms with van der Waals surface area (Å²) in [5.41, 5.74) is 6.94. The number of nitrogens with zero attached hydrogens (tertiary/aromatic N) is 4. The summed E-state index contributed by atoms with van der Waals surface area (Å²) in [5, 5.41) is 2.92. The Balaban J connectivity index is 1.57. The first-order valence-corrected chi connectivity index (χ1v) is 12.9. The predicted molar refractivity (Wildman–Crippen MR) is 120 cm³/mol. The van der Waals surface area contributed by atoms with Gasteiger partial charge in [0.15, 0.2) is 11.5 Å². The van der Waals surface area contributed by atoms with Gasteiger partial charge in [-0.05, 0) is 12.3 Å². The molecule has 1 aliphatic rings. The molecule has 4 atom stereocenters. The van der Waals surface area contributed by atoms with Crippen molar-refractivity contribution >= 4 is 30.5 Å². The van der Waals surface area contributed by atoms with Crippen LogP contribution in [0.25, 0.3) is 11.2 Å². The number of nitrogen functional groups attached to an aromatic ring is 1. The van der Waals surface area contributed by atoms with E-state index >= 15 is 0 Å². The van der Waals surface area contributed by atoms with Gasteiger partial charge < -0.3 is 24.3 Å². The van der Waals surface area contributed by atoms with Gasteiger partial charge in [0, 0.05) is 0 Å². The second-order valence-electron chi connectivity index (χ2n) is 8.08. The summed E-state index contributed by atoms with van der Waals surface area (Å²) in [7, 11) is -3.36. The van der Waals surface area contributed by atoms with Gasteiger partial charge in [-0.2, -0.15) is 0 Å². The maximum atomic E-state index is 13.2. The van der Waals surface area contributed by atoms with Crippen LogP contribution < -0.4 is 10.8 Å². The lowest BCUT2D eigenvalue weighted by molar-refractivity contribution is -0.147. The van der Waals surface area contributed by atoms with Crippen LogP contribution in [-0.4, -0.2) is 57.2 Å². The molecular formula is C20H33N6O5P. The van der Waals surface area contributed by atoms with Gasteiger partial charge in [0.2, 0.25) is 0 Å². The summed E-state index contributed by atoms with van der Waals surface area (Å²) in [6, 6.07) is -0.718. The molecular weight excluding hydrogens is 435 g/mol. The number of fused-ring (bicyclic) bond motifs is 1. The number of anilines is 1. The molecule has 0 amide bonds. The maximum absolute atomic E-state index is 13.2. The number of carbonyl (C=O) groups excluding carboxylic acids is 1. The average Bonchev–Trinajstić information content (AvgIpc) is 3.20. The van der Waals surface area contributed by atoms with Gasteiger partial charge in [0.05, 0.1) is 26.1 Å². The van der Waals surface area contributed by atoms with E-state index in [9.17, 15) is 9.36 Å². The molecule has 1 aliphatic heterocycles. The lowest BCUT2D eigenvalue weighted by Crippen LogP contribution is -2.44. The molecule has 32 heavy (non-hydrogen) atoms. The number of rotatable bonds is 11. The van der Waals surface area contributed by atoms with Crippen molar-refractivity contribution in [3.8, 4) is 0 Å². The van der Waals surface area contributed by atoms with E-state index in [0.717, 1.165) is 25.7 Å². The lowest BCUT2D eigenvalue weighted by Gasteiger charge is -2.33. The molecule has 3 N–H and O–H groups in total. The third kappa shape index (κ3) is 6.04. The molecule has 0 aliphatic carbocycles. The van der Waals surface area contributed by atoms with Crippen molar-refractivity contribution in [2.75, 3.05) is 25.3 Å². The Bertz CT molecular complexity index is 942. The van der Waals surface area contributed by atoms with E-state index in [2.05, 4.69) is 27.0 Å². The Hall–Kier alpha value is -2.07. The highest BCUT2D eigenvalue weighted by atomic mass is 31.2. The van der Waals surface area contributed by atoms with Crippen LogP contribution in [0.1, 0.15) is 46.5 Å². The molecule has 0 bridgehead atoms. The SMILES string of the molecule is CCCCCOC(=O)[C@@H](NP1(=O)CO[C@@H](Cn2cnc3c(N)ncnc32)CO1)[C@@H](C)CC. The molecule has 11 nitrogen and oxygen atoms in total. The number of carbonyl (C=O) groups is 1. The second kappa shape index (κ2) is 11.2. The van der Waals surface area contributed by atoms with Crippen LogP contribution in [0.4, 0.5) is 5.82 Å². The van der Waals surface area contributed by atoms with E-state index in [4.69, 9.17) is 19.7 Å². The normalized spacial score (nSPS) is 23.2. The third-order valence-electron chi connectivity index (χ3n) is 5.57. The van der Waals surface area contributed by atoms with E-state index in [1.807, 2.05) is 13.8 Å². The van der Waals surface area contributed by atoms with E-state index < -0.39 is 19.5 Å². The van der Waals surface area contributed by atoms with Gasteiger partial charge in [-0.3, -0.25) is 9.36 Å². The van der Waals surface area contributed by atoms with Crippen LogP contribution in [0.3, 0.4) is 0 Å². The number of unbranched alkanes of at least 4 members (excludes halogenated alkanes) is 2. The summed E-state index contributed by atoms with van der Waals surface area (Å²) >= 11 is 0. The quantitative estimate of drug-likeness (QED) is 0.287. The third-order valence-corrected chi connectivity index (χ3v) is 7.30. The van der Waals surface area contributed by atoms with Gasteiger partial charge in [-0.1, -0.05) is 40.0 Å². The molecule has 12 heteroatoms. The van der Waals surface area contributed by atoms with Crippen LogP contribution in [0.15, 0.2) is 12.7 Å². The molecule has 1 saturated heterocycles. The van der Waals surface area contributed by atoms with Crippen molar-refractivity contribution < 1.29 is 23.4 Å². The van der Waals surface area contributed by atoms with Crippen LogP contribution >= 0.6 is 7.52 Å². The highest BCUT2D eigenvalue weighted by Crippen LogP contribution is 2.47. The molecule has 1 fully saturated rings. The molecule has 178 valence electrons. The second-order valence-corrected chi connectivity index (χ2v) is 10.2. The highest BCUT2D eigenvalue weighted by Gasteiger charge is 2.38. The minimum Gasteiger partial charge on any atom is -0.465 e. The van der Waals surface area contributed by atoms with Crippen molar-refractivity contribution in [3.05, 3.63) is 12.7 Å². The number of imidazole rings is 1. The summed E-state index contributed by atoms with van der Waals surface area (Å²) in [5.74, 6) is -0.164. The lowest BCUT2D eigenvalue weighted by atomic mass is 10.0. The fourth-order valence-corrected chi connectivity index (χ4v) is 5.22. The van der Waals surface area contributed by atoms with Crippen molar-refractivity contribution in [3.63, 3.8) is 0 Å². The monoisotopic (exact) mass is 468 g/mol. The summed E-state index contributed by atoms with van der Waals surface area (Å²) in [6.07, 6.45) is 6.07. The van der Waals surface area contributed by atoms with E-state index in [-0.39, 0.29) is 25.0 Å². The zero-order valence-corrected chi connectivity index (χ0v) is 19.8. The number of hydrogen-bond donors (Lipinski definition) is 2. The van der Waals surface area contributed by atoms with Gasteiger partial charge in [0.25, 0.3) is 7.52 Å². The van der Waals surface area contributed by atoms with Crippen molar-refractivity contribution in [2.24, 2.45) is 5.92 Å². The molecule has 0 radical (unpaired) electrons. The van der Waals surface area contributed by atoms with Crippen molar-refractivity contribution in [1.29, 1.82) is 0 Å². The van der Waals surface area contributed by atoms with Crippen molar-refractivity contribution in [1.82, 2.24) is 24.6 Å². The molecule has 0 spiro atoms. The van der Waals surface area contributed by atoms with E-state index in [0.29, 0.717) is 30.1 Å². The number of nitrogens with one attached hydrogen (secondary N) is 1. The van der Waals surface area contributed by atoms with Crippen LogP contribution in [0, 0.1) is 5.92 Å². The molecule has 2 aromatic heterocycles. The molecule has 2 aromatic rings. The average molecular weight is 468 g/mol. The standard InChI is InChI=1S/C20H33N6O5P/c1-4-6-7-8-29-20(27)16(14(3)5-2)25-32(28)13-30-15(10-31-32)9-26-12-24-17-18(21)22-11-23-19(17)26/h11-12,14-16H,4-10,13H2,1-3H3,(H,25,28)(H2,21,22,23)/t14-,15-,16-,32?/m0/s1. The van der Waals surface area contributed by atoms with E-state index in [1.165, 1.54) is 6.33 Å². The van der Waals surface area contributed by atoms with Crippen LogP contribution in [-0.2, 0) is 29.9 Å². The Morgan fingerprint density at radius 3 is 2.88 bits per heavy atom. The summed E-state index contributed by atoms with van der Waals surface area (Å²) < 4.78 is 32.0. The minimum absolute atomic E-state index is 0.0664. The Kier molecular flexibility index (Phi) is 8.58. The topological polar surface area (TPSA) is 143 Å². The summed E-state index contributed by atoms with van der Waals surface area (Å²) in [6.45, 7) is 6.84. The van der Waals surface area contributed by atoms with Gasteiger partial charge >= 0.3 is 5.97 Å². The Morgan fingerprint density at radius 1 is 1.38 bits per heavy atom. The largest absolute Gasteiger partial charge is 0.465 e. The smallest absolute Gasteiger partial charge is 0.323 e. The molecule has 3 heterocycles. The number of hydrogen-bond acceptors (Lipinski definition) is 9. The van der Waals surface area contributed by atoms with E-state index in [1.54, 1.807) is 10.9 Å². The van der Waals surface area contributed by atoms with Crippen LogP contribution in [0.2, 0.25) is 0 Å². The molecule has 1 unspecified atom stereocenters. The first-order valence-electron chi connectivity index (χ1n) is 11.1. The zero-order chi connectivity index (χ0) is 23.1. The number of ether oxygens (including phenoxy) is 2. The predicted octanol–water partition coefficient (Wildman–Crippen LogP) is 2.71. The van der Waals surface area contributed by atoms with Crippen molar-refractivity contribution in [2.45, 2.75) is 65.1 Å². The minimum atomic E-state index is -3.36. The fraction of sp³-hybridized carbons (Fsp3) is 0.700. The zero-order valence-electron chi connectivity index (χ0n) is 18.9. The Morgan fingerprint density at radius 2 is 2.19 bits per heavy atom. The molecule has 0 aromatic carbocycles. The van der Waals surface area contributed by atoms with Gasteiger partial charge in [-0.25, -0.2) is 20.0 Å². The summed E-state index contributed by atoms with van der Waals surface area (Å²) in [4.78, 5) is 25.0. The van der Waals surface area contributed by atoms with Crippen LogP contribution in [0.5, 0.6) is 0 Å². The number of nitrogens with two attached hydrogens (primary N) is 1. The first kappa shape index (κ1) is 24.6. The fourth-order valence-electron chi connectivity index (χ4n) is 3.40. The molecule has 3 rings (SSSR count). The van der Waals surface area contributed by atoms with Gasteiger partial charge in [0.1, 0.15) is 30.3 Å². The molecule has 0 saturated carbocycles.